The Morgan fingerprint density at radius 1 is 0.985 bits per heavy atom. The van der Waals surface area contributed by atoms with Crippen LogP contribution in [-0.4, -0.2) is 108 Å². The number of nitrogens with two attached hydrogens (primary N) is 1. The SMILES string of the molecule is COC1c2coc(n2)-c2coc(n2)-c2coc(n2)/C=C/C[C@H](OC)[C@@H](C)[C@H](C[C@@H](OC)[C@@H](C)CCC(=O)/C(C)=C/C(C)/C=C/N(C)C=O)OC(=O)C[C@@H](OC(N)=O)C[C@H](C)C[C@H](O)[C@@H]1C. The van der Waals surface area contributed by atoms with E-state index in [2.05, 4.69) is 15.0 Å². The Morgan fingerprint density at radius 2 is 1.68 bits per heavy atom. The molecule has 0 saturated heterocycles. The molecule has 18 nitrogen and oxygen atoms in total. The maximum atomic E-state index is 13.9. The minimum Gasteiger partial charge on any atom is -0.462 e. The van der Waals surface area contributed by atoms with Gasteiger partial charge < -0.3 is 52.7 Å². The predicted molar refractivity (Wildman–Crippen MR) is 238 cm³/mol. The number of nitrogens with zero attached hydrogens (tertiary/aromatic N) is 4. The van der Waals surface area contributed by atoms with Crippen molar-refractivity contribution in [3.8, 4) is 23.2 Å². The number of Topliss-reactive ketones (excluding diaryl/α,β-unsaturated/α-hetero) is 1. The van der Waals surface area contributed by atoms with E-state index in [9.17, 15) is 24.3 Å². The Morgan fingerprint density at radius 3 is 2.35 bits per heavy atom. The van der Waals surface area contributed by atoms with Crippen molar-refractivity contribution in [1.82, 2.24) is 19.9 Å². The van der Waals surface area contributed by atoms with Gasteiger partial charge in [0.05, 0.1) is 24.7 Å². The zero-order valence-electron chi connectivity index (χ0n) is 39.2. The highest BCUT2D eigenvalue weighted by molar-refractivity contribution is 5.94. The molecule has 0 radical (unpaired) electrons. The van der Waals surface area contributed by atoms with E-state index in [0.29, 0.717) is 41.9 Å². The number of ether oxygens (including phenoxy) is 5. The van der Waals surface area contributed by atoms with Gasteiger partial charge >= 0.3 is 12.1 Å². The second kappa shape index (κ2) is 25.3. The molecule has 2 amide bonds. The minimum atomic E-state index is -1.05. The van der Waals surface area contributed by atoms with Crippen LogP contribution < -0.4 is 5.73 Å². The molecule has 1 aliphatic rings. The van der Waals surface area contributed by atoms with E-state index in [-0.39, 0.29) is 73.3 Å². The number of primary amides is 1. The molecule has 1 aliphatic heterocycles. The highest BCUT2D eigenvalue weighted by Crippen LogP contribution is 2.34. The smallest absolute Gasteiger partial charge is 0.404 e. The molecule has 358 valence electrons. The van der Waals surface area contributed by atoms with Crippen LogP contribution in [0.5, 0.6) is 0 Å². The lowest BCUT2D eigenvalue weighted by atomic mass is 9.86. The first-order chi connectivity index (χ1) is 31.0. The van der Waals surface area contributed by atoms with Crippen molar-refractivity contribution in [2.24, 2.45) is 35.3 Å². The normalized spacial score (nSPS) is 26.0. The van der Waals surface area contributed by atoms with E-state index < -0.39 is 60.5 Å². The summed E-state index contributed by atoms with van der Waals surface area (Å²) in [5.74, 6) is -1.30. The predicted octanol–water partition coefficient (Wildman–Crippen LogP) is 7.49. The molecule has 0 fully saturated rings. The summed E-state index contributed by atoms with van der Waals surface area (Å²) in [5.41, 5.74) is 7.19. The molecule has 0 aromatic carbocycles. The van der Waals surface area contributed by atoms with Gasteiger partial charge in [-0.25, -0.2) is 19.7 Å². The number of hydrogen-bond acceptors (Lipinski definition) is 16. The van der Waals surface area contributed by atoms with Crippen molar-refractivity contribution in [2.75, 3.05) is 28.4 Å². The number of aliphatic hydroxyl groups excluding tert-OH is 1. The lowest BCUT2D eigenvalue weighted by molar-refractivity contribution is -0.160. The van der Waals surface area contributed by atoms with E-state index in [1.807, 2.05) is 52.8 Å². The highest BCUT2D eigenvalue weighted by Gasteiger charge is 2.35. The van der Waals surface area contributed by atoms with Gasteiger partial charge in [0.15, 0.2) is 17.2 Å². The van der Waals surface area contributed by atoms with Gasteiger partial charge in [-0.3, -0.25) is 14.4 Å². The number of methoxy groups -OCH3 is 3. The second-order valence-corrected chi connectivity index (χ2v) is 17.2. The summed E-state index contributed by atoms with van der Waals surface area (Å²) in [4.78, 5) is 65.2. The molecule has 3 aromatic heterocycles. The van der Waals surface area contributed by atoms with E-state index in [0.717, 1.165) is 0 Å². The summed E-state index contributed by atoms with van der Waals surface area (Å²) >= 11 is 0. The first-order valence-corrected chi connectivity index (χ1v) is 22.0. The Kier molecular flexibility index (Phi) is 20.3. The minimum absolute atomic E-state index is 0.0101. The molecule has 3 N–H and O–H groups in total. The number of carbonyl (C=O) groups excluding carboxylic acids is 4. The maximum absolute atomic E-state index is 13.9. The fraction of sp³-hybridized carbons (Fsp3) is 0.596. The number of oxazole rings is 3. The molecular formula is C47H67N5O13. The summed E-state index contributed by atoms with van der Waals surface area (Å²) in [6.45, 7) is 11.3. The van der Waals surface area contributed by atoms with Gasteiger partial charge in [-0.1, -0.05) is 52.8 Å². The summed E-state index contributed by atoms with van der Waals surface area (Å²) in [6, 6.07) is 0. The van der Waals surface area contributed by atoms with Crippen molar-refractivity contribution in [3.63, 3.8) is 0 Å². The Hall–Kier alpha value is -5.43. The van der Waals surface area contributed by atoms with Crippen LogP contribution in [0.3, 0.4) is 0 Å². The van der Waals surface area contributed by atoms with Gasteiger partial charge in [0.25, 0.3) is 0 Å². The van der Waals surface area contributed by atoms with Crippen LogP contribution in [0.4, 0.5) is 4.79 Å². The molecule has 0 aliphatic carbocycles. The lowest BCUT2D eigenvalue weighted by Crippen LogP contribution is -2.39. The number of rotatable bonds is 15. The number of carbonyl (C=O) groups is 4. The zero-order chi connectivity index (χ0) is 47.8. The van der Waals surface area contributed by atoms with Gasteiger partial charge in [0.1, 0.15) is 42.8 Å². The van der Waals surface area contributed by atoms with Crippen molar-refractivity contribution >= 4 is 30.3 Å². The van der Waals surface area contributed by atoms with Gasteiger partial charge in [0, 0.05) is 59.3 Å². The van der Waals surface area contributed by atoms with E-state index in [1.54, 1.807) is 40.5 Å². The molecule has 18 heteroatoms. The summed E-state index contributed by atoms with van der Waals surface area (Å²) in [7, 11) is 6.30. The lowest BCUT2D eigenvalue weighted by Gasteiger charge is -2.34. The number of aliphatic hydroxyl groups is 1. The monoisotopic (exact) mass is 909 g/mol. The van der Waals surface area contributed by atoms with Crippen LogP contribution in [0, 0.1) is 29.6 Å². The number of cyclic esters (lactones) is 1. The first kappa shape index (κ1) is 52.2. The molecule has 0 saturated carbocycles. The van der Waals surface area contributed by atoms with Crippen LogP contribution in [0.25, 0.3) is 29.2 Å². The van der Waals surface area contributed by atoms with Crippen LogP contribution in [0.15, 0.2) is 62.0 Å². The van der Waals surface area contributed by atoms with Crippen molar-refractivity contribution in [2.45, 2.75) is 123 Å². The van der Waals surface area contributed by atoms with Crippen LogP contribution in [0.1, 0.15) is 104 Å². The molecule has 4 heterocycles. The number of amides is 2. The Bertz CT molecular complexity index is 2070. The molecule has 65 heavy (non-hydrogen) atoms. The molecular weight excluding hydrogens is 843 g/mol. The van der Waals surface area contributed by atoms with Crippen molar-refractivity contribution in [1.29, 1.82) is 0 Å². The zero-order valence-corrected chi connectivity index (χ0v) is 39.2. The fourth-order valence-corrected chi connectivity index (χ4v) is 8.02. The Labute approximate surface area is 380 Å². The van der Waals surface area contributed by atoms with Crippen LogP contribution in [-0.2, 0) is 38.1 Å². The number of hydrogen-bond donors (Lipinski definition) is 2. The molecule has 0 spiro atoms. The van der Waals surface area contributed by atoms with Crippen LogP contribution in [0.2, 0.25) is 0 Å². The average molecular weight is 910 g/mol. The number of aromatic nitrogens is 3. The van der Waals surface area contributed by atoms with Crippen molar-refractivity contribution in [3.05, 3.63) is 60.4 Å². The molecule has 3 aromatic rings. The van der Waals surface area contributed by atoms with E-state index in [1.165, 1.54) is 30.8 Å². The quantitative estimate of drug-likeness (QED) is 0.0852. The van der Waals surface area contributed by atoms with Gasteiger partial charge in [0.2, 0.25) is 24.1 Å². The van der Waals surface area contributed by atoms with Gasteiger partial charge in [-0.15, -0.1) is 0 Å². The summed E-state index contributed by atoms with van der Waals surface area (Å²) in [6.07, 6.45) is 10.2. The highest BCUT2D eigenvalue weighted by atomic mass is 16.6. The Balaban J connectivity index is 1.61. The number of esters is 1. The van der Waals surface area contributed by atoms with Gasteiger partial charge in [-0.05, 0) is 62.0 Å². The number of allylic oxidation sites excluding steroid dienone is 3. The molecule has 11 atom stereocenters. The summed E-state index contributed by atoms with van der Waals surface area (Å²) in [5, 5.41) is 11.4. The maximum Gasteiger partial charge on any atom is 0.404 e. The molecule has 2 unspecified atom stereocenters. The van der Waals surface area contributed by atoms with E-state index >= 15 is 0 Å². The molecule has 6 bridgehead atoms. The fourth-order valence-electron chi connectivity index (χ4n) is 8.02. The summed E-state index contributed by atoms with van der Waals surface area (Å²) < 4.78 is 46.6. The average Bonchev–Trinajstić information content (AvgIpc) is 4.06. The molecule has 4 rings (SSSR count). The van der Waals surface area contributed by atoms with Crippen LogP contribution >= 0.6 is 0 Å². The van der Waals surface area contributed by atoms with Gasteiger partial charge in [-0.2, -0.15) is 0 Å². The van der Waals surface area contributed by atoms with Crippen molar-refractivity contribution < 1.29 is 61.2 Å². The number of fused-ring (bicyclic) bond motifs is 8. The first-order valence-electron chi connectivity index (χ1n) is 22.0. The second-order valence-electron chi connectivity index (χ2n) is 17.2. The largest absolute Gasteiger partial charge is 0.462 e. The topological polar surface area (TPSA) is 242 Å². The standard InChI is InChI=1S/C47H67N5O13/c1-27(16-17-52(7)26-53)18-30(4)37(54)15-14-29(3)40(59-9)22-41-32(6)39(58-8)12-11-13-42-49-35(24-61-42)45-51-36(25-63-45)46-50-34(23-62-46)44(60-10)31(5)38(55)20-28(2)19-33(64-47(48)57)21-43(56)65-41/h11,13,16-18,23-29,31-33,38-41,44,55H,12,14-15,19-22H2,1-10H3,(H2,48,57)/b13-11+,17-16+,30-18+/t27?,28-,29-,31-,32+,33-,38-,39-,40+,41-,44?/m0/s1. The third-order valence-electron chi connectivity index (χ3n) is 12.0. The third kappa shape index (κ3) is 15.6. The number of ketones is 1. The third-order valence-corrected chi connectivity index (χ3v) is 12.0. The van der Waals surface area contributed by atoms with E-state index in [4.69, 9.17) is 42.7 Å².